The van der Waals surface area contributed by atoms with Crippen LogP contribution in [0.15, 0.2) is 0 Å². The molecule has 0 amide bonds. The molecule has 0 fully saturated rings. The van der Waals surface area contributed by atoms with E-state index in [0.29, 0.717) is 0 Å². The van der Waals surface area contributed by atoms with E-state index >= 15 is 0 Å². The zero-order chi connectivity index (χ0) is 14.6. The standard InChI is InChI=1S/C11H26N.C3H6O3/c1-5-6-7-8-9-10-11-12(2,3)4;1-2(4)3(5)6/h5-11H2,1-4H3;2,4H,1H3,(H,5,6)/q+1;. The van der Waals surface area contributed by atoms with Gasteiger partial charge in [0.2, 0.25) is 0 Å². The van der Waals surface area contributed by atoms with Gasteiger partial charge in [-0.3, -0.25) is 0 Å². The third-order valence-corrected chi connectivity index (χ3v) is 2.54. The van der Waals surface area contributed by atoms with Crippen LogP contribution in [0, 0.1) is 0 Å². The quantitative estimate of drug-likeness (QED) is 0.522. The second kappa shape index (κ2) is 11.5. The summed E-state index contributed by atoms with van der Waals surface area (Å²) >= 11 is 0. The fraction of sp³-hybridized carbons (Fsp3) is 0.929. The zero-order valence-corrected chi connectivity index (χ0v) is 12.8. The van der Waals surface area contributed by atoms with Crippen LogP contribution in [0.2, 0.25) is 0 Å². The first kappa shape index (κ1) is 19.7. The molecule has 0 aliphatic rings. The number of aliphatic hydroxyl groups is 1. The van der Waals surface area contributed by atoms with Gasteiger partial charge in [-0.05, 0) is 19.8 Å². The summed E-state index contributed by atoms with van der Waals surface area (Å²) < 4.78 is 1.12. The van der Waals surface area contributed by atoms with Crippen molar-refractivity contribution < 1.29 is 19.5 Å². The SMILES string of the molecule is CC(O)C(=O)O.CCCCCCCC[N+](C)(C)C. The minimum absolute atomic E-state index is 1.12. The van der Waals surface area contributed by atoms with Crippen LogP contribution >= 0.6 is 0 Å². The zero-order valence-electron chi connectivity index (χ0n) is 12.8. The van der Waals surface area contributed by atoms with Crippen molar-refractivity contribution in [2.45, 2.75) is 58.5 Å². The predicted octanol–water partition coefficient (Wildman–Crippen LogP) is 2.50. The monoisotopic (exact) mass is 262 g/mol. The summed E-state index contributed by atoms with van der Waals surface area (Å²) in [6.07, 6.45) is 7.24. The molecular formula is C14H32NO3+. The van der Waals surface area contributed by atoms with Crippen LogP contribution in [0.5, 0.6) is 0 Å². The number of unbranched alkanes of at least 4 members (excludes halogenated alkanes) is 5. The summed E-state index contributed by atoms with van der Waals surface area (Å²) in [5.41, 5.74) is 0. The minimum Gasteiger partial charge on any atom is -0.479 e. The molecule has 0 aromatic heterocycles. The molecule has 4 nitrogen and oxygen atoms in total. The molecule has 0 spiro atoms. The molecule has 0 aliphatic heterocycles. The maximum atomic E-state index is 9.45. The molecule has 0 saturated heterocycles. The molecule has 0 aromatic rings. The van der Waals surface area contributed by atoms with Gasteiger partial charge in [-0.1, -0.05) is 32.6 Å². The van der Waals surface area contributed by atoms with Crippen molar-refractivity contribution in [2.24, 2.45) is 0 Å². The van der Waals surface area contributed by atoms with Crippen LogP contribution in [0.3, 0.4) is 0 Å². The van der Waals surface area contributed by atoms with Gasteiger partial charge in [0.05, 0.1) is 27.7 Å². The second-order valence-corrected chi connectivity index (χ2v) is 5.80. The number of hydrogen-bond donors (Lipinski definition) is 2. The van der Waals surface area contributed by atoms with Crippen LogP contribution in [0.4, 0.5) is 0 Å². The number of carbonyl (C=O) groups is 1. The van der Waals surface area contributed by atoms with Gasteiger partial charge in [-0.25, -0.2) is 4.79 Å². The van der Waals surface area contributed by atoms with Gasteiger partial charge >= 0.3 is 5.97 Å². The maximum absolute atomic E-state index is 9.45. The van der Waals surface area contributed by atoms with Crippen LogP contribution < -0.4 is 0 Å². The van der Waals surface area contributed by atoms with Crippen molar-refractivity contribution >= 4 is 5.97 Å². The molecule has 2 N–H and O–H groups in total. The first-order valence-electron chi connectivity index (χ1n) is 6.92. The average molecular weight is 262 g/mol. The number of rotatable bonds is 8. The summed E-state index contributed by atoms with van der Waals surface area (Å²) in [7, 11) is 6.81. The molecule has 1 unspecified atom stereocenters. The van der Waals surface area contributed by atoms with E-state index in [1.54, 1.807) is 0 Å². The Morgan fingerprint density at radius 2 is 1.44 bits per heavy atom. The summed E-state index contributed by atoms with van der Waals surface area (Å²) in [4.78, 5) is 9.45. The molecule has 0 heterocycles. The fourth-order valence-corrected chi connectivity index (χ4v) is 1.37. The largest absolute Gasteiger partial charge is 0.479 e. The molecule has 4 heteroatoms. The number of nitrogens with zero attached hydrogens (tertiary/aromatic N) is 1. The lowest BCUT2D eigenvalue weighted by atomic mass is 10.1. The Kier molecular flexibility index (Phi) is 12.6. The third-order valence-electron chi connectivity index (χ3n) is 2.54. The lowest BCUT2D eigenvalue weighted by Gasteiger charge is -2.23. The van der Waals surface area contributed by atoms with Gasteiger partial charge in [-0.15, -0.1) is 0 Å². The lowest BCUT2D eigenvalue weighted by Crippen LogP contribution is -2.35. The van der Waals surface area contributed by atoms with Crippen molar-refractivity contribution in [3.05, 3.63) is 0 Å². The first-order chi connectivity index (χ1) is 8.20. The van der Waals surface area contributed by atoms with Crippen molar-refractivity contribution in [2.75, 3.05) is 27.7 Å². The summed E-state index contributed by atoms with van der Waals surface area (Å²) in [6.45, 7) is 4.79. The van der Waals surface area contributed by atoms with E-state index in [0.717, 1.165) is 4.48 Å². The van der Waals surface area contributed by atoms with Crippen LogP contribution in [0.25, 0.3) is 0 Å². The molecule has 0 radical (unpaired) electrons. The minimum atomic E-state index is -1.23. The van der Waals surface area contributed by atoms with Crippen molar-refractivity contribution in [3.8, 4) is 0 Å². The van der Waals surface area contributed by atoms with Crippen LogP contribution in [-0.4, -0.2) is 54.5 Å². The van der Waals surface area contributed by atoms with Gasteiger partial charge in [0, 0.05) is 0 Å². The lowest BCUT2D eigenvalue weighted by molar-refractivity contribution is -0.870. The molecule has 1 atom stereocenters. The summed E-state index contributed by atoms with van der Waals surface area (Å²) in [6, 6.07) is 0. The highest BCUT2D eigenvalue weighted by molar-refractivity contribution is 5.71. The van der Waals surface area contributed by atoms with E-state index in [2.05, 4.69) is 28.1 Å². The van der Waals surface area contributed by atoms with Gasteiger partial charge in [0.15, 0.2) is 0 Å². The normalized spacial score (nSPS) is 12.6. The van der Waals surface area contributed by atoms with E-state index in [9.17, 15) is 4.79 Å². The molecular weight excluding hydrogens is 230 g/mol. The van der Waals surface area contributed by atoms with E-state index in [1.807, 2.05) is 0 Å². The Hall–Kier alpha value is -0.610. The van der Waals surface area contributed by atoms with Crippen molar-refractivity contribution in [3.63, 3.8) is 0 Å². The molecule has 0 rings (SSSR count). The topological polar surface area (TPSA) is 57.5 Å². The highest BCUT2D eigenvalue weighted by Gasteiger charge is 2.04. The van der Waals surface area contributed by atoms with E-state index in [4.69, 9.17) is 10.2 Å². The number of hydrogen-bond acceptors (Lipinski definition) is 2. The number of carboxylic acids is 1. The molecule has 0 bridgehead atoms. The molecule has 110 valence electrons. The van der Waals surface area contributed by atoms with E-state index in [-0.39, 0.29) is 0 Å². The Labute approximate surface area is 112 Å². The summed E-state index contributed by atoms with van der Waals surface area (Å²) in [5.74, 6) is -1.19. The molecule has 18 heavy (non-hydrogen) atoms. The van der Waals surface area contributed by atoms with Crippen LogP contribution in [-0.2, 0) is 4.79 Å². The van der Waals surface area contributed by atoms with Crippen LogP contribution in [0.1, 0.15) is 52.4 Å². The van der Waals surface area contributed by atoms with Crippen molar-refractivity contribution in [1.82, 2.24) is 0 Å². The van der Waals surface area contributed by atoms with Gasteiger partial charge < -0.3 is 14.7 Å². The maximum Gasteiger partial charge on any atom is 0.332 e. The average Bonchev–Trinajstić information content (AvgIpc) is 2.22. The van der Waals surface area contributed by atoms with Gasteiger partial charge in [0.1, 0.15) is 6.10 Å². The van der Waals surface area contributed by atoms with Gasteiger partial charge in [-0.2, -0.15) is 0 Å². The Morgan fingerprint density at radius 1 is 1.06 bits per heavy atom. The first-order valence-corrected chi connectivity index (χ1v) is 6.92. The van der Waals surface area contributed by atoms with E-state index < -0.39 is 12.1 Å². The number of aliphatic hydroxyl groups excluding tert-OH is 1. The second-order valence-electron chi connectivity index (χ2n) is 5.80. The number of aliphatic carboxylic acids is 1. The molecule has 0 saturated carbocycles. The molecule has 0 aliphatic carbocycles. The highest BCUT2D eigenvalue weighted by atomic mass is 16.4. The summed E-state index contributed by atoms with van der Waals surface area (Å²) in [5, 5.41) is 15.8. The number of carboxylic acid groups (broad SMARTS) is 1. The van der Waals surface area contributed by atoms with E-state index in [1.165, 1.54) is 52.0 Å². The van der Waals surface area contributed by atoms with Gasteiger partial charge in [0.25, 0.3) is 0 Å². The smallest absolute Gasteiger partial charge is 0.332 e. The third kappa shape index (κ3) is 20.8. The van der Waals surface area contributed by atoms with Crippen molar-refractivity contribution in [1.29, 1.82) is 0 Å². The fourth-order valence-electron chi connectivity index (χ4n) is 1.37. The Morgan fingerprint density at radius 3 is 1.78 bits per heavy atom. The predicted molar refractivity (Wildman–Crippen MR) is 75.6 cm³/mol. The Bertz CT molecular complexity index is 198. The molecule has 0 aromatic carbocycles. The highest BCUT2D eigenvalue weighted by Crippen LogP contribution is 2.06. The number of quaternary nitrogens is 1. The Balaban J connectivity index is 0.